The van der Waals surface area contributed by atoms with Gasteiger partial charge in [0.05, 0.1) is 12.2 Å². The molecule has 2 aromatic carbocycles. The lowest BCUT2D eigenvalue weighted by atomic mass is 9.96. The number of aryl methyl sites for hydroxylation is 2. The number of Topliss-reactive ketones (excluding diaryl/α,β-unsaturated/α-hetero) is 1. The van der Waals surface area contributed by atoms with Gasteiger partial charge in [-0.05, 0) is 42.2 Å². The Bertz CT molecular complexity index is 1420. The van der Waals surface area contributed by atoms with Crippen LogP contribution in [-0.2, 0) is 13.5 Å². The highest BCUT2D eigenvalue weighted by atomic mass is 16.1. The van der Waals surface area contributed by atoms with Gasteiger partial charge in [-0.25, -0.2) is 0 Å². The number of hydrogen-bond acceptors (Lipinski definition) is 4. The van der Waals surface area contributed by atoms with E-state index in [9.17, 15) is 4.79 Å². The van der Waals surface area contributed by atoms with E-state index in [4.69, 9.17) is 0 Å². The summed E-state index contributed by atoms with van der Waals surface area (Å²) in [5, 5.41) is 8.67. The number of H-pyrrole nitrogens is 1. The number of benzene rings is 2. The first-order valence-corrected chi connectivity index (χ1v) is 11.4. The van der Waals surface area contributed by atoms with Crippen molar-refractivity contribution in [1.82, 2.24) is 25.1 Å². The van der Waals surface area contributed by atoms with Gasteiger partial charge in [-0.1, -0.05) is 48.5 Å². The van der Waals surface area contributed by atoms with Crippen LogP contribution < -0.4 is 5.32 Å². The Morgan fingerprint density at radius 1 is 1.06 bits per heavy atom. The number of ketones is 1. The largest absolute Gasteiger partial charge is 0.360 e. The molecule has 0 amide bonds. The Kier molecular flexibility index (Phi) is 6.06. The van der Waals surface area contributed by atoms with Crippen molar-refractivity contribution in [3.05, 3.63) is 108 Å². The number of pyridine rings is 1. The number of nitrogens with zero attached hydrogens (tertiary/aromatic N) is 3. The number of carbonyl (C=O) groups is 1. The fraction of sp³-hybridized carbons (Fsp3) is 0.179. The lowest BCUT2D eigenvalue weighted by molar-refractivity contribution is 0.0945. The van der Waals surface area contributed by atoms with Crippen LogP contribution >= 0.6 is 0 Å². The molecule has 1 atom stereocenters. The van der Waals surface area contributed by atoms with Gasteiger partial charge in [-0.3, -0.25) is 14.5 Å². The van der Waals surface area contributed by atoms with Gasteiger partial charge in [0.1, 0.15) is 0 Å². The van der Waals surface area contributed by atoms with E-state index in [1.807, 2.05) is 87.3 Å². The molecule has 0 saturated carbocycles. The summed E-state index contributed by atoms with van der Waals surface area (Å²) in [5.74, 6) is 0.0496. The smallest absolute Gasteiger partial charge is 0.186 e. The van der Waals surface area contributed by atoms with Crippen molar-refractivity contribution in [1.29, 1.82) is 0 Å². The molecule has 0 spiro atoms. The predicted octanol–water partition coefficient (Wildman–Crippen LogP) is 5.03. The number of aromatic amines is 1. The standard InChI is InChI=1S/C28H27N5O/c1-19-8-9-20(15-30-19)12-13-29-27(21-6-4-3-5-7-21)28(34)25-17-31-26-14-22(10-11-24(25)26)23-16-32-33(2)18-23/h3-11,14-18,27,29,31H,12-13H2,1-2H3/t27-/m1/s1. The first-order valence-electron chi connectivity index (χ1n) is 11.4. The monoisotopic (exact) mass is 449 g/mol. The second-order valence-corrected chi connectivity index (χ2v) is 8.59. The molecule has 0 aliphatic carbocycles. The summed E-state index contributed by atoms with van der Waals surface area (Å²) in [6.07, 6.45) is 8.34. The molecule has 170 valence electrons. The van der Waals surface area contributed by atoms with Gasteiger partial charge in [-0.15, -0.1) is 0 Å². The van der Waals surface area contributed by atoms with Crippen LogP contribution in [0.25, 0.3) is 22.0 Å². The van der Waals surface area contributed by atoms with E-state index in [1.54, 1.807) is 4.68 Å². The minimum Gasteiger partial charge on any atom is -0.360 e. The van der Waals surface area contributed by atoms with Crippen molar-refractivity contribution in [2.75, 3.05) is 6.54 Å². The molecular weight excluding hydrogens is 422 g/mol. The number of carbonyl (C=O) groups excluding carboxylic acids is 1. The van der Waals surface area contributed by atoms with Gasteiger partial charge in [0.15, 0.2) is 5.78 Å². The highest BCUT2D eigenvalue weighted by molar-refractivity contribution is 6.11. The van der Waals surface area contributed by atoms with Gasteiger partial charge in [0.2, 0.25) is 0 Å². The van der Waals surface area contributed by atoms with E-state index in [-0.39, 0.29) is 5.78 Å². The maximum atomic E-state index is 13.8. The molecule has 5 aromatic rings. The second-order valence-electron chi connectivity index (χ2n) is 8.59. The van der Waals surface area contributed by atoms with Crippen molar-refractivity contribution in [3.63, 3.8) is 0 Å². The molecule has 2 N–H and O–H groups in total. The molecule has 0 aliphatic rings. The van der Waals surface area contributed by atoms with Crippen LogP contribution in [0.3, 0.4) is 0 Å². The van der Waals surface area contributed by atoms with Crippen molar-refractivity contribution in [2.45, 2.75) is 19.4 Å². The molecule has 0 radical (unpaired) electrons. The molecule has 6 nitrogen and oxygen atoms in total. The molecule has 0 bridgehead atoms. The number of nitrogens with one attached hydrogen (secondary N) is 2. The summed E-state index contributed by atoms with van der Waals surface area (Å²) >= 11 is 0. The molecule has 3 aromatic heterocycles. The Labute approximate surface area is 198 Å². The summed E-state index contributed by atoms with van der Waals surface area (Å²) in [6, 6.07) is 19.7. The van der Waals surface area contributed by atoms with Crippen LogP contribution in [0.1, 0.15) is 33.2 Å². The summed E-state index contributed by atoms with van der Waals surface area (Å²) < 4.78 is 1.78. The van der Waals surface area contributed by atoms with E-state index < -0.39 is 6.04 Å². The summed E-state index contributed by atoms with van der Waals surface area (Å²) in [4.78, 5) is 21.4. The van der Waals surface area contributed by atoms with Crippen molar-refractivity contribution in [3.8, 4) is 11.1 Å². The third-order valence-corrected chi connectivity index (χ3v) is 6.12. The molecule has 0 saturated heterocycles. The number of rotatable bonds is 8. The van der Waals surface area contributed by atoms with E-state index in [2.05, 4.69) is 32.5 Å². The first-order chi connectivity index (χ1) is 16.6. The molecule has 0 fully saturated rings. The van der Waals surface area contributed by atoms with Crippen molar-refractivity contribution >= 4 is 16.7 Å². The quantitative estimate of drug-likeness (QED) is 0.326. The predicted molar refractivity (Wildman–Crippen MR) is 135 cm³/mol. The zero-order valence-electron chi connectivity index (χ0n) is 19.3. The molecule has 34 heavy (non-hydrogen) atoms. The molecule has 3 heterocycles. The minimum atomic E-state index is -0.434. The van der Waals surface area contributed by atoms with Gasteiger partial charge in [0.25, 0.3) is 0 Å². The maximum absolute atomic E-state index is 13.8. The lowest BCUT2D eigenvalue weighted by Crippen LogP contribution is -2.30. The van der Waals surface area contributed by atoms with Gasteiger partial charge in [-0.2, -0.15) is 5.10 Å². The van der Waals surface area contributed by atoms with E-state index in [1.165, 1.54) is 0 Å². The van der Waals surface area contributed by atoms with Crippen LogP contribution in [0.4, 0.5) is 0 Å². The zero-order valence-corrected chi connectivity index (χ0v) is 19.3. The average Bonchev–Trinajstić information content (AvgIpc) is 3.49. The SMILES string of the molecule is Cc1ccc(CCN[C@@H](C(=O)c2c[nH]c3cc(-c4cnn(C)c4)ccc23)c2ccccc2)cn1. The van der Waals surface area contributed by atoms with Crippen LogP contribution in [-0.4, -0.2) is 32.1 Å². The van der Waals surface area contributed by atoms with Crippen LogP contribution in [0.2, 0.25) is 0 Å². The van der Waals surface area contributed by atoms with Crippen LogP contribution in [0.15, 0.2) is 85.5 Å². The minimum absolute atomic E-state index is 0.0496. The third kappa shape index (κ3) is 4.54. The fourth-order valence-corrected chi connectivity index (χ4v) is 4.25. The van der Waals surface area contributed by atoms with E-state index in [0.717, 1.165) is 45.3 Å². The molecular formula is C28H27N5O. The lowest BCUT2D eigenvalue weighted by Gasteiger charge is -2.18. The maximum Gasteiger partial charge on any atom is 0.186 e. The molecule has 0 unspecified atom stereocenters. The summed E-state index contributed by atoms with van der Waals surface area (Å²) in [6.45, 7) is 2.65. The average molecular weight is 450 g/mol. The summed E-state index contributed by atoms with van der Waals surface area (Å²) in [5.41, 5.74) is 6.82. The Morgan fingerprint density at radius 3 is 2.65 bits per heavy atom. The van der Waals surface area contributed by atoms with E-state index in [0.29, 0.717) is 12.1 Å². The number of fused-ring (bicyclic) bond motifs is 1. The van der Waals surface area contributed by atoms with Gasteiger partial charge >= 0.3 is 0 Å². The van der Waals surface area contributed by atoms with Crippen molar-refractivity contribution < 1.29 is 4.79 Å². The normalized spacial score (nSPS) is 12.2. The number of hydrogen-bond donors (Lipinski definition) is 2. The topological polar surface area (TPSA) is 75.6 Å². The van der Waals surface area contributed by atoms with Gasteiger partial charge < -0.3 is 10.3 Å². The molecule has 6 heteroatoms. The van der Waals surface area contributed by atoms with Crippen molar-refractivity contribution in [2.24, 2.45) is 7.05 Å². The summed E-state index contributed by atoms with van der Waals surface area (Å²) in [7, 11) is 1.90. The zero-order chi connectivity index (χ0) is 23.5. The third-order valence-electron chi connectivity index (χ3n) is 6.12. The Morgan fingerprint density at radius 2 is 1.91 bits per heavy atom. The van der Waals surface area contributed by atoms with Crippen LogP contribution in [0, 0.1) is 6.92 Å². The highest BCUT2D eigenvalue weighted by Crippen LogP contribution is 2.28. The first kappa shape index (κ1) is 21.8. The Hall–Kier alpha value is -4.03. The Balaban J connectivity index is 1.40. The fourth-order valence-electron chi connectivity index (χ4n) is 4.25. The highest BCUT2D eigenvalue weighted by Gasteiger charge is 2.24. The number of aromatic nitrogens is 4. The van der Waals surface area contributed by atoms with E-state index >= 15 is 0 Å². The second kappa shape index (κ2) is 9.45. The molecule has 5 rings (SSSR count). The van der Waals surface area contributed by atoms with Gasteiger partial charge in [0, 0.05) is 59.9 Å². The molecule has 0 aliphatic heterocycles. The van der Waals surface area contributed by atoms with Crippen LogP contribution in [0.5, 0.6) is 0 Å².